The summed E-state index contributed by atoms with van der Waals surface area (Å²) in [6.45, 7) is 1.14. The molecular formula is C12H15BrN2O3S2. The van der Waals surface area contributed by atoms with Crippen molar-refractivity contribution >= 4 is 60.8 Å². The van der Waals surface area contributed by atoms with E-state index < -0.39 is 9.71 Å². The van der Waals surface area contributed by atoms with E-state index in [-0.39, 0.29) is 0 Å². The van der Waals surface area contributed by atoms with Crippen LogP contribution in [0.25, 0.3) is 11.2 Å². The lowest BCUT2D eigenvalue weighted by Crippen LogP contribution is -2.32. The Morgan fingerprint density at radius 3 is 2.90 bits per heavy atom. The molecule has 0 amide bonds. The van der Waals surface area contributed by atoms with E-state index in [4.69, 9.17) is 21.1 Å². The molecule has 2 aromatic rings. The van der Waals surface area contributed by atoms with Crippen molar-refractivity contribution in [2.45, 2.75) is 0 Å². The number of nitrogens with zero attached hydrogens (tertiary/aromatic N) is 1. The van der Waals surface area contributed by atoms with Crippen LogP contribution in [-0.2, 0) is 9.71 Å². The first-order chi connectivity index (χ1) is 9.28. The topological polar surface area (TPSA) is 58.6 Å². The molecule has 2 rings (SSSR count). The van der Waals surface area contributed by atoms with E-state index in [1.165, 1.54) is 0 Å². The summed E-state index contributed by atoms with van der Waals surface area (Å²) >= 11 is 8.62. The largest absolute Gasteiger partial charge is 0.458 e. The highest BCUT2D eigenvalue weighted by Crippen LogP contribution is 2.30. The molecule has 0 aliphatic carbocycles. The molecule has 5 nitrogen and oxygen atoms in total. The molecule has 0 saturated heterocycles. The number of hydrogen-bond acceptors (Lipinski definition) is 5. The van der Waals surface area contributed by atoms with Crippen molar-refractivity contribution in [1.82, 2.24) is 4.72 Å². The smallest absolute Gasteiger partial charge is 0.197 e. The monoisotopic (exact) mass is 378 g/mol. The summed E-state index contributed by atoms with van der Waals surface area (Å²) in [7, 11) is -0.322. The fourth-order valence-corrected chi connectivity index (χ4v) is 2.75. The van der Waals surface area contributed by atoms with E-state index in [1.54, 1.807) is 18.6 Å². The fraction of sp³-hybridized carbons (Fsp3) is 0.333. The van der Waals surface area contributed by atoms with Gasteiger partial charge in [0.2, 0.25) is 0 Å². The first-order valence-electron chi connectivity index (χ1n) is 5.77. The molecule has 0 aliphatic heterocycles. The van der Waals surface area contributed by atoms with Crippen molar-refractivity contribution < 1.29 is 13.0 Å². The maximum Gasteiger partial charge on any atom is 0.197 e. The van der Waals surface area contributed by atoms with Crippen LogP contribution in [0.4, 0.5) is 5.88 Å². The number of likely N-dealkylation sites (N-methyl/N-ethyl adjacent to an activating group) is 1. The Balaban J connectivity index is 2.20. The summed E-state index contributed by atoms with van der Waals surface area (Å²) in [5, 5.41) is 0. The zero-order chi connectivity index (χ0) is 14.9. The normalized spacial score (nSPS) is 14.3. The lowest BCUT2D eigenvalue weighted by Gasteiger charge is -2.18. The SMILES string of the molecule is C=S(C)(=O)NCCN(C)c1cc(=S)c2occ(Br)c2o1. The Morgan fingerprint density at radius 1 is 1.55 bits per heavy atom. The first kappa shape index (κ1) is 15.6. The summed E-state index contributed by atoms with van der Waals surface area (Å²) < 4.78 is 26.7. The van der Waals surface area contributed by atoms with Crippen LogP contribution in [0.15, 0.2) is 25.6 Å². The highest BCUT2D eigenvalue weighted by molar-refractivity contribution is 9.10. The van der Waals surface area contributed by atoms with Crippen LogP contribution < -0.4 is 9.62 Å². The van der Waals surface area contributed by atoms with Crippen LogP contribution in [0.3, 0.4) is 0 Å². The Bertz CT molecular complexity index is 780. The minimum atomic E-state index is -2.19. The van der Waals surface area contributed by atoms with E-state index >= 15 is 0 Å². The molecule has 2 heterocycles. The highest BCUT2D eigenvalue weighted by Gasteiger charge is 2.12. The second-order valence-corrected chi connectivity index (χ2v) is 8.10. The first-order valence-corrected chi connectivity index (χ1v) is 9.10. The van der Waals surface area contributed by atoms with Gasteiger partial charge < -0.3 is 13.7 Å². The lowest BCUT2D eigenvalue weighted by atomic mass is 10.4. The summed E-state index contributed by atoms with van der Waals surface area (Å²) in [5.41, 5.74) is 1.14. The summed E-state index contributed by atoms with van der Waals surface area (Å²) in [6, 6.07) is 1.74. The van der Waals surface area contributed by atoms with E-state index in [0.29, 0.717) is 34.6 Å². The van der Waals surface area contributed by atoms with Crippen molar-refractivity contribution in [3.05, 3.63) is 21.3 Å². The van der Waals surface area contributed by atoms with Gasteiger partial charge in [-0.3, -0.25) is 4.21 Å². The predicted octanol–water partition coefficient (Wildman–Crippen LogP) is 2.80. The average Bonchev–Trinajstić information content (AvgIpc) is 2.70. The number of rotatable bonds is 5. The molecule has 1 unspecified atom stereocenters. The van der Waals surface area contributed by atoms with E-state index in [1.807, 2.05) is 11.9 Å². The van der Waals surface area contributed by atoms with E-state index in [9.17, 15) is 4.21 Å². The molecule has 1 atom stereocenters. The molecule has 0 saturated carbocycles. The van der Waals surface area contributed by atoms with Gasteiger partial charge in [-0.1, -0.05) is 12.2 Å². The minimum Gasteiger partial charge on any atom is -0.458 e. The van der Waals surface area contributed by atoms with Gasteiger partial charge in [0.15, 0.2) is 17.1 Å². The van der Waals surface area contributed by atoms with Gasteiger partial charge in [0, 0.05) is 42.2 Å². The molecule has 2 aromatic heterocycles. The fourth-order valence-electron chi connectivity index (χ4n) is 1.63. The van der Waals surface area contributed by atoms with Crippen LogP contribution in [0.2, 0.25) is 0 Å². The van der Waals surface area contributed by atoms with E-state index in [2.05, 4.69) is 26.5 Å². The Labute approximate surface area is 131 Å². The zero-order valence-electron chi connectivity index (χ0n) is 11.1. The molecule has 1 N–H and O–H groups in total. The van der Waals surface area contributed by atoms with Crippen LogP contribution in [-0.4, -0.2) is 36.5 Å². The summed E-state index contributed by atoms with van der Waals surface area (Å²) in [6.07, 6.45) is 3.11. The Morgan fingerprint density at radius 2 is 2.25 bits per heavy atom. The maximum atomic E-state index is 11.4. The van der Waals surface area contributed by atoms with Crippen LogP contribution in [0, 0.1) is 4.51 Å². The number of anilines is 1. The molecule has 110 valence electrons. The predicted molar refractivity (Wildman–Crippen MR) is 89.5 cm³/mol. The van der Waals surface area contributed by atoms with Gasteiger partial charge in [0.25, 0.3) is 0 Å². The quantitative estimate of drug-likeness (QED) is 0.810. The van der Waals surface area contributed by atoms with Gasteiger partial charge >= 0.3 is 0 Å². The standard InChI is InChI=1S/C12H15BrN2O3S2/c1-15(5-4-14-20(2,3)16)10-6-9(19)12-11(18-10)8(13)7-17-12/h6-7H,2,4-5H2,1,3H3,(H,14,16). The van der Waals surface area contributed by atoms with Crippen LogP contribution in [0.1, 0.15) is 0 Å². The molecule has 0 aromatic carbocycles. The molecule has 0 fully saturated rings. The summed E-state index contributed by atoms with van der Waals surface area (Å²) in [5.74, 6) is 4.16. The third kappa shape index (κ3) is 3.63. The van der Waals surface area contributed by atoms with Gasteiger partial charge in [-0.25, -0.2) is 4.72 Å². The van der Waals surface area contributed by atoms with Crippen molar-refractivity contribution in [1.29, 1.82) is 0 Å². The molecule has 20 heavy (non-hydrogen) atoms. The molecule has 0 radical (unpaired) electrons. The molecular weight excluding hydrogens is 364 g/mol. The third-order valence-electron chi connectivity index (χ3n) is 2.62. The highest BCUT2D eigenvalue weighted by atomic mass is 79.9. The zero-order valence-corrected chi connectivity index (χ0v) is 14.4. The van der Waals surface area contributed by atoms with Gasteiger partial charge in [0.05, 0.1) is 8.98 Å². The second kappa shape index (κ2) is 5.88. The van der Waals surface area contributed by atoms with Crippen LogP contribution in [0.5, 0.6) is 0 Å². The maximum absolute atomic E-state index is 11.4. The number of hydrogen-bond donors (Lipinski definition) is 1. The molecule has 8 heteroatoms. The van der Waals surface area contributed by atoms with Crippen molar-refractivity contribution in [2.24, 2.45) is 0 Å². The summed E-state index contributed by atoms with van der Waals surface area (Å²) in [4.78, 5) is 1.88. The van der Waals surface area contributed by atoms with Crippen LogP contribution >= 0.6 is 28.1 Å². The number of furan rings is 1. The average molecular weight is 379 g/mol. The van der Waals surface area contributed by atoms with E-state index in [0.717, 1.165) is 4.47 Å². The lowest BCUT2D eigenvalue weighted by molar-refractivity contribution is 0.569. The van der Waals surface area contributed by atoms with Crippen molar-refractivity contribution in [3.63, 3.8) is 0 Å². The molecule has 0 aliphatic rings. The van der Waals surface area contributed by atoms with Gasteiger partial charge in [-0.15, -0.1) is 0 Å². The third-order valence-corrected chi connectivity index (χ3v) is 4.28. The molecule has 0 spiro atoms. The minimum absolute atomic E-state index is 0.530. The van der Waals surface area contributed by atoms with Gasteiger partial charge in [0.1, 0.15) is 6.26 Å². The number of nitrogens with one attached hydrogen (secondary N) is 1. The van der Waals surface area contributed by atoms with Gasteiger partial charge in [-0.05, 0) is 21.8 Å². The Kier molecular flexibility index (Phi) is 4.58. The van der Waals surface area contributed by atoms with Gasteiger partial charge in [-0.2, -0.15) is 0 Å². The number of halogens is 1. The van der Waals surface area contributed by atoms with Crippen molar-refractivity contribution in [2.75, 3.05) is 31.3 Å². The second-order valence-electron chi connectivity index (χ2n) is 4.51. The van der Waals surface area contributed by atoms with Crippen molar-refractivity contribution in [3.8, 4) is 0 Å². The molecule has 0 bridgehead atoms. The number of fused-ring (bicyclic) bond motifs is 1. The Hall–Kier alpha value is -0.830.